The Hall–Kier alpha value is 0.0130. The second-order valence-corrected chi connectivity index (χ2v) is 7.97. The van der Waals surface area contributed by atoms with Gasteiger partial charge in [0.1, 0.15) is 0 Å². The van der Waals surface area contributed by atoms with E-state index in [1.807, 2.05) is 30.3 Å². The molecule has 25 heavy (non-hydrogen) atoms. The molecule has 1 radical (unpaired) electrons. The van der Waals surface area contributed by atoms with Crippen molar-refractivity contribution in [3.63, 3.8) is 0 Å². The van der Waals surface area contributed by atoms with Crippen LogP contribution in [0.2, 0.25) is 0 Å². The van der Waals surface area contributed by atoms with Crippen LogP contribution < -0.4 is 0 Å². The molecule has 0 aliphatic heterocycles. The first-order valence-corrected chi connectivity index (χ1v) is 8.76. The molecule has 14 heteroatoms. The van der Waals surface area contributed by atoms with E-state index in [0.717, 1.165) is 0 Å². The van der Waals surface area contributed by atoms with E-state index in [-0.39, 0.29) is 25.8 Å². The summed E-state index contributed by atoms with van der Waals surface area (Å²) in [6, 6.07) is 10.0. The van der Waals surface area contributed by atoms with Gasteiger partial charge in [0.25, 0.3) is 0 Å². The summed E-state index contributed by atoms with van der Waals surface area (Å²) in [5.74, 6) is 0. The van der Waals surface area contributed by atoms with Crippen molar-refractivity contribution in [1.82, 2.24) is 0 Å². The van der Waals surface area contributed by atoms with Crippen LogP contribution in [0.1, 0.15) is 0 Å². The zero-order chi connectivity index (χ0) is 20.6. The number of halogens is 9. The number of nitrogens with one attached hydrogen (secondary N) is 3. The van der Waals surface area contributed by atoms with Gasteiger partial charge in [-0.15, -0.1) is 0 Å². The Labute approximate surface area is 163 Å². The van der Waals surface area contributed by atoms with Crippen LogP contribution in [0, 0.1) is 0 Å². The molecule has 0 aromatic heterocycles. The average Bonchev–Trinajstić information content (AvgIpc) is 2.99. The Morgan fingerprint density at radius 3 is 0.840 bits per heavy atom. The third-order valence-electron chi connectivity index (χ3n) is 1.41. The maximum Gasteiger partial charge on any atom is 4.00 e. The Bertz CT molecular complexity index is 290. The first-order chi connectivity index (χ1) is 10.9. The third-order valence-corrected chi connectivity index (χ3v) is 4.97. The topological polar surface area (TPSA) is 71.4 Å². The van der Waals surface area contributed by atoms with Gasteiger partial charge >= 0.3 is 94.7 Å². The monoisotopic (exact) mass is 616 g/mol. The van der Waals surface area contributed by atoms with E-state index in [1.165, 1.54) is 21.1 Å². The van der Waals surface area contributed by atoms with Gasteiger partial charge in [0, 0.05) is 0 Å². The van der Waals surface area contributed by atoms with Crippen molar-refractivity contribution in [2.75, 3.05) is 21.1 Å². The molecule has 1 aromatic rings. The van der Waals surface area contributed by atoms with Crippen LogP contribution in [0.5, 0.6) is 0 Å². The molecule has 0 fully saturated rings. The first-order valence-electron chi connectivity index (χ1n) is 5.62. The summed E-state index contributed by atoms with van der Waals surface area (Å²) in [6.07, 6.45) is 0. The van der Waals surface area contributed by atoms with Gasteiger partial charge in [-0.3, -0.25) is 0 Å². The van der Waals surface area contributed by atoms with Gasteiger partial charge in [-0.05, 0) is 0 Å². The molecule has 3 nitrogen and oxygen atoms in total. The minimum absolute atomic E-state index is 0. The average molecular weight is 613 g/mol. The molecule has 0 bridgehead atoms. The summed E-state index contributed by atoms with van der Waals surface area (Å²) in [5.41, 5.74) is 17.2. The fraction of sp³-hybridized carbons (Fsp3) is 0.545. The second-order valence-electron chi connectivity index (χ2n) is 2.83. The molecular formula is C11H17F9GeHfN3. The molecule has 0 aliphatic carbocycles. The van der Waals surface area contributed by atoms with Gasteiger partial charge in [-0.2, -0.15) is 39.3 Å². The van der Waals surface area contributed by atoms with Crippen molar-refractivity contribution >= 4 is 14.3 Å². The molecule has 0 unspecified atom stereocenters. The van der Waals surface area contributed by atoms with Gasteiger partial charge in [-0.25, -0.2) is 12.1 Å². The summed E-state index contributed by atoms with van der Waals surface area (Å²) in [7, 11) is 3.75. The largest absolute Gasteiger partial charge is 4.00 e. The summed E-state index contributed by atoms with van der Waals surface area (Å²) in [4.78, 5) is 0. The molecule has 1 rings (SSSR count). The van der Waals surface area contributed by atoms with Gasteiger partial charge in [0.15, 0.2) is 0 Å². The van der Waals surface area contributed by atoms with Gasteiger partial charge < -0.3 is 17.2 Å². The smallest absolute Gasteiger partial charge is 0.214 e. The maximum absolute atomic E-state index is 11.3. The van der Waals surface area contributed by atoms with E-state index < -0.39 is 29.4 Å². The van der Waals surface area contributed by atoms with Crippen LogP contribution in [-0.2, 0) is 25.8 Å². The molecule has 0 amide bonds. The number of hydrogen-bond donors (Lipinski definition) is 0. The fourth-order valence-corrected chi connectivity index (χ4v) is 2.83. The van der Waals surface area contributed by atoms with Crippen molar-refractivity contribution in [1.29, 1.82) is 0 Å². The van der Waals surface area contributed by atoms with Crippen LogP contribution in [-0.4, -0.2) is 50.5 Å². The standard InChI is InChI=1S/C5H5.C3F9Ge.3CH4N.Hf/c1-2-4-5-3-1;4-1(5,6)13(2(7,8)9)3(10,11)12;3*1-2;/h1-5H;;3*2H,1H3;/q-1;;3*-1;+4. The number of alkyl halides is 9. The summed E-state index contributed by atoms with van der Waals surface area (Å²) < 4.78 is 102. The fourth-order valence-electron chi connectivity index (χ4n) is 0.803. The summed E-state index contributed by atoms with van der Waals surface area (Å²) >= 11 is -7.10. The Morgan fingerprint density at radius 1 is 0.600 bits per heavy atom. The predicted molar refractivity (Wildman–Crippen MR) is 76.7 cm³/mol. The normalized spacial score (nSPS) is 10.2. The Kier molecular flexibility index (Phi) is 27.1. The molecule has 0 aliphatic rings. The van der Waals surface area contributed by atoms with Crippen LogP contribution in [0.4, 0.5) is 39.5 Å². The molecule has 1 aromatic carbocycles. The molecule has 0 heterocycles. The molecule has 0 saturated carbocycles. The Morgan fingerprint density at radius 2 is 0.800 bits per heavy atom. The maximum atomic E-state index is 11.3. The van der Waals surface area contributed by atoms with Crippen molar-refractivity contribution < 1.29 is 65.4 Å². The third kappa shape index (κ3) is 22.0. The minimum Gasteiger partial charge on any atom is -0.214 e. The first kappa shape index (κ1) is 36.0. The zero-order valence-electron chi connectivity index (χ0n) is 13.3. The SMILES string of the molecule is C[NH-].C[NH-].C[NH-].F[C](F)(F)[Ge]([C](F)(F)F)[C](F)(F)F.[Hf+4].c1cc[cH-]c1. The van der Waals surface area contributed by atoms with Crippen LogP contribution in [0.25, 0.3) is 17.2 Å². The molecule has 3 N–H and O–H groups in total. The molecule has 147 valence electrons. The number of hydrogen-bond acceptors (Lipinski definition) is 0. The zero-order valence-corrected chi connectivity index (χ0v) is 19.0. The van der Waals surface area contributed by atoms with Crippen LogP contribution in [0.15, 0.2) is 30.3 Å². The van der Waals surface area contributed by atoms with Gasteiger partial charge in [-0.1, -0.05) is 0 Å². The minimum atomic E-state index is -7.10. The van der Waals surface area contributed by atoms with E-state index in [9.17, 15) is 39.5 Å². The van der Waals surface area contributed by atoms with E-state index in [4.69, 9.17) is 17.2 Å². The van der Waals surface area contributed by atoms with Crippen molar-refractivity contribution in [2.45, 2.75) is 15.0 Å². The molecular weight excluding hydrogens is 596 g/mol. The second kappa shape index (κ2) is 18.8. The predicted octanol–water partition coefficient (Wildman–Crippen LogP) is 6.19. The molecule has 0 atom stereocenters. The van der Waals surface area contributed by atoms with E-state index in [0.29, 0.717) is 0 Å². The van der Waals surface area contributed by atoms with E-state index in [1.54, 1.807) is 0 Å². The van der Waals surface area contributed by atoms with Crippen LogP contribution >= 0.6 is 0 Å². The number of rotatable bonds is 0. The van der Waals surface area contributed by atoms with Crippen LogP contribution in [0.3, 0.4) is 0 Å². The summed E-state index contributed by atoms with van der Waals surface area (Å²) in [6.45, 7) is 0. The van der Waals surface area contributed by atoms with Gasteiger partial charge in [0.05, 0.1) is 0 Å². The molecule has 0 saturated heterocycles. The molecule has 0 spiro atoms. The Balaban J connectivity index is -0.0000000920. The van der Waals surface area contributed by atoms with E-state index in [2.05, 4.69) is 0 Å². The van der Waals surface area contributed by atoms with Crippen molar-refractivity contribution in [3.05, 3.63) is 47.5 Å². The quantitative estimate of drug-likeness (QED) is 0.190. The van der Waals surface area contributed by atoms with Crippen molar-refractivity contribution in [3.8, 4) is 0 Å². The van der Waals surface area contributed by atoms with Gasteiger partial charge in [0.2, 0.25) is 0 Å². The van der Waals surface area contributed by atoms with Crippen molar-refractivity contribution in [2.24, 2.45) is 0 Å². The summed E-state index contributed by atoms with van der Waals surface area (Å²) in [5, 5.41) is -18.6. The van der Waals surface area contributed by atoms with E-state index >= 15 is 0 Å².